The molecule has 43 heavy (non-hydrogen) atoms. The summed E-state index contributed by atoms with van der Waals surface area (Å²) in [4.78, 5) is 35.0. The second kappa shape index (κ2) is 15.3. The van der Waals surface area contributed by atoms with Gasteiger partial charge in [0.15, 0.2) is 11.5 Å². The highest BCUT2D eigenvalue weighted by molar-refractivity contribution is 5.94. The number of halogens is 6. The van der Waals surface area contributed by atoms with Crippen molar-refractivity contribution in [1.29, 1.82) is 0 Å². The van der Waals surface area contributed by atoms with Crippen molar-refractivity contribution in [3.05, 3.63) is 65.6 Å². The fraction of sp³-hybridized carbons (Fsp3) is 0.423. The Balaban J connectivity index is 0.000000384. The van der Waals surface area contributed by atoms with Crippen molar-refractivity contribution in [2.75, 3.05) is 33.2 Å². The van der Waals surface area contributed by atoms with Crippen LogP contribution in [0.4, 0.5) is 26.3 Å². The molecular formula is C26H30F6N6O5. The van der Waals surface area contributed by atoms with E-state index in [9.17, 15) is 31.1 Å². The Bertz CT molecular complexity index is 1340. The van der Waals surface area contributed by atoms with Crippen LogP contribution in [0.5, 0.6) is 0 Å². The molecule has 1 amide bonds. The quantitative estimate of drug-likeness (QED) is 0.353. The number of nitrogens with one attached hydrogen (secondary N) is 1. The number of carbonyl (C=O) groups is 3. The molecule has 3 heterocycles. The molecule has 2 aromatic heterocycles. The molecule has 0 saturated carbocycles. The molecule has 1 fully saturated rings. The van der Waals surface area contributed by atoms with Crippen LogP contribution in [0.15, 0.2) is 48.7 Å². The number of fused-ring (bicyclic) bond motifs is 1. The fourth-order valence-corrected chi connectivity index (χ4v) is 3.80. The predicted molar refractivity (Wildman–Crippen MR) is 140 cm³/mol. The van der Waals surface area contributed by atoms with Gasteiger partial charge in [0.2, 0.25) is 0 Å². The van der Waals surface area contributed by atoms with Crippen molar-refractivity contribution in [1.82, 2.24) is 29.7 Å². The zero-order chi connectivity index (χ0) is 32.4. The van der Waals surface area contributed by atoms with Gasteiger partial charge >= 0.3 is 24.3 Å². The molecule has 0 bridgehead atoms. The van der Waals surface area contributed by atoms with E-state index < -0.39 is 24.3 Å². The lowest BCUT2D eigenvalue weighted by Crippen LogP contribution is -2.46. The Kier molecular flexibility index (Phi) is 12.4. The van der Waals surface area contributed by atoms with Gasteiger partial charge in [0, 0.05) is 38.9 Å². The largest absolute Gasteiger partial charge is 0.490 e. The van der Waals surface area contributed by atoms with Gasteiger partial charge in [-0.3, -0.25) is 19.0 Å². The van der Waals surface area contributed by atoms with Crippen molar-refractivity contribution >= 4 is 23.5 Å². The number of hydrogen-bond acceptors (Lipinski definition) is 7. The van der Waals surface area contributed by atoms with E-state index in [2.05, 4.69) is 56.6 Å². The summed E-state index contributed by atoms with van der Waals surface area (Å²) in [5.74, 6) is -4.69. The summed E-state index contributed by atoms with van der Waals surface area (Å²) in [5.41, 5.74) is 2.71. The van der Waals surface area contributed by atoms with Crippen molar-refractivity contribution < 1.29 is 50.9 Å². The molecule has 1 aromatic carbocycles. The van der Waals surface area contributed by atoms with E-state index in [0.29, 0.717) is 12.1 Å². The van der Waals surface area contributed by atoms with Gasteiger partial charge in [0.05, 0.1) is 11.6 Å². The molecule has 1 atom stereocenters. The maximum atomic E-state index is 12.4. The Labute approximate surface area is 241 Å². The van der Waals surface area contributed by atoms with Crippen molar-refractivity contribution in [2.45, 2.75) is 38.3 Å². The number of rotatable bonds is 6. The van der Waals surface area contributed by atoms with Crippen molar-refractivity contribution in [2.24, 2.45) is 0 Å². The standard InChI is InChI=1S/C22H28N6O.2C2HF3O2/c1-3-11-23-22(29)18-9-10-20-24-25-21(28(20)15-18)19-16-27(13-12-26(19)2)14-17-7-5-4-6-8-17;2*3-2(4,5)1(6)7/h4-10,15,19H,3,11-14,16H2,1-2H3,(H,23,29);2*(H,6,7). The number of benzene rings is 1. The molecule has 1 aliphatic heterocycles. The zero-order valence-electron chi connectivity index (χ0n) is 23.1. The molecule has 1 unspecified atom stereocenters. The number of pyridine rings is 1. The monoisotopic (exact) mass is 620 g/mol. The normalized spacial score (nSPS) is 16.0. The third kappa shape index (κ3) is 10.8. The number of likely N-dealkylation sites (N-methyl/N-ethyl adjacent to an activating group) is 1. The van der Waals surface area contributed by atoms with Crippen LogP contribution in [-0.4, -0.2) is 98.0 Å². The summed E-state index contributed by atoms with van der Waals surface area (Å²) in [6.45, 7) is 6.49. The third-order valence-electron chi connectivity index (χ3n) is 5.99. The lowest BCUT2D eigenvalue weighted by Gasteiger charge is -2.38. The summed E-state index contributed by atoms with van der Waals surface area (Å²) in [6.07, 6.45) is -7.39. The van der Waals surface area contributed by atoms with Crippen LogP contribution < -0.4 is 5.32 Å². The second-order valence-electron chi connectivity index (χ2n) is 9.28. The molecule has 4 rings (SSSR count). The number of aliphatic carboxylic acids is 2. The lowest BCUT2D eigenvalue weighted by atomic mass is 10.1. The van der Waals surface area contributed by atoms with Crippen LogP contribution in [0.25, 0.3) is 5.65 Å². The maximum absolute atomic E-state index is 12.4. The van der Waals surface area contributed by atoms with Crippen LogP contribution >= 0.6 is 0 Å². The number of carbonyl (C=O) groups excluding carboxylic acids is 1. The number of carboxylic acid groups (broad SMARTS) is 2. The number of aromatic nitrogens is 3. The summed E-state index contributed by atoms with van der Waals surface area (Å²) in [6, 6.07) is 14.3. The van der Waals surface area contributed by atoms with Gasteiger partial charge in [-0.25, -0.2) is 9.59 Å². The smallest absolute Gasteiger partial charge is 0.475 e. The van der Waals surface area contributed by atoms with Gasteiger partial charge in [-0.2, -0.15) is 26.3 Å². The first-order valence-corrected chi connectivity index (χ1v) is 12.7. The van der Waals surface area contributed by atoms with Crippen LogP contribution in [0, 0.1) is 0 Å². The number of piperazine rings is 1. The summed E-state index contributed by atoms with van der Waals surface area (Å²) in [5, 5.41) is 26.0. The first-order chi connectivity index (χ1) is 20.0. The predicted octanol–water partition coefficient (Wildman–Crippen LogP) is 3.62. The first-order valence-electron chi connectivity index (χ1n) is 12.7. The molecule has 1 saturated heterocycles. The maximum Gasteiger partial charge on any atom is 0.490 e. The summed E-state index contributed by atoms with van der Waals surface area (Å²) < 4.78 is 65.4. The third-order valence-corrected chi connectivity index (χ3v) is 5.99. The summed E-state index contributed by atoms with van der Waals surface area (Å²) in [7, 11) is 2.13. The minimum atomic E-state index is -5.08. The topological polar surface area (TPSA) is 140 Å². The van der Waals surface area contributed by atoms with E-state index in [4.69, 9.17) is 19.8 Å². The molecule has 0 radical (unpaired) electrons. The highest BCUT2D eigenvalue weighted by Gasteiger charge is 2.39. The average molecular weight is 621 g/mol. The molecule has 3 N–H and O–H groups in total. The van der Waals surface area contributed by atoms with Crippen LogP contribution in [-0.2, 0) is 16.1 Å². The Hall–Kier alpha value is -4.25. The van der Waals surface area contributed by atoms with E-state index in [1.807, 2.05) is 35.7 Å². The average Bonchev–Trinajstić information content (AvgIpc) is 3.36. The summed E-state index contributed by atoms with van der Waals surface area (Å²) >= 11 is 0. The van der Waals surface area contributed by atoms with E-state index in [1.54, 1.807) is 0 Å². The zero-order valence-corrected chi connectivity index (χ0v) is 23.1. The van der Waals surface area contributed by atoms with Crippen LogP contribution in [0.2, 0.25) is 0 Å². The highest BCUT2D eigenvalue weighted by Crippen LogP contribution is 2.25. The van der Waals surface area contributed by atoms with E-state index in [1.165, 1.54) is 5.56 Å². The van der Waals surface area contributed by atoms with Crippen LogP contribution in [0.3, 0.4) is 0 Å². The Morgan fingerprint density at radius 3 is 2.05 bits per heavy atom. The SMILES string of the molecule is CCCNC(=O)c1ccc2nnc(C3CN(Cc4ccccc4)CCN3C)n2c1.O=C(O)C(F)(F)F.O=C(O)C(F)(F)F. The highest BCUT2D eigenvalue weighted by atomic mass is 19.4. The van der Waals surface area contributed by atoms with Gasteiger partial charge in [-0.05, 0) is 31.2 Å². The minimum Gasteiger partial charge on any atom is -0.475 e. The van der Waals surface area contributed by atoms with Gasteiger partial charge in [-0.1, -0.05) is 37.3 Å². The van der Waals surface area contributed by atoms with Gasteiger partial charge in [0.25, 0.3) is 5.91 Å². The molecule has 11 nitrogen and oxygen atoms in total. The van der Waals surface area contributed by atoms with Crippen LogP contribution in [0.1, 0.15) is 41.1 Å². The van der Waals surface area contributed by atoms with Crippen molar-refractivity contribution in [3.8, 4) is 0 Å². The first kappa shape index (κ1) is 34.9. The number of carboxylic acids is 2. The van der Waals surface area contributed by atoms with E-state index >= 15 is 0 Å². The van der Waals surface area contributed by atoms with Gasteiger partial charge < -0.3 is 15.5 Å². The second-order valence-corrected chi connectivity index (χ2v) is 9.28. The Morgan fingerprint density at radius 1 is 0.930 bits per heavy atom. The number of nitrogens with zero attached hydrogens (tertiary/aromatic N) is 5. The Morgan fingerprint density at radius 2 is 1.51 bits per heavy atom. The van der Waals surface area contributed by atoms with E-state index in [0.717, 1.165) is 44.1 Å². The molecule has 236 valence electrons. The molecule has 3 aromatic rings. The number of amides is 1. The van der Waals surface area contributed by atoms with Gasteiger partial charge in [0.1, 0.15) is 0 Å². The molecule has 0 spiro atoms. The molecule has 0 aliphatic carbocycles. The lowest BCUT2D eigenvalue weighted by molar-refractivity contribution is -0.193. The minimum absolute atomic E-state index is 0.0592. The molecule has 17 heteroatoms. The molecule has 1 aliphatic rings. The van der Waals surface area contributed by atoms with E-state index in [-0.39, 0.29) is 11.9 Å². The number of hydrogen-bond donors (Lipinski definition) is 3. The number of alkyl halides is 6. The fourth-order valence-electron chi connectivity index (χ4n) is 3.80. The molecular weight excluding hydrogens is 590 g/mol. The van der Waals surface area contributed by atoms with Crippen molar-refractivity contribution in [3.63, 3.8) is 0 Å². The van der Waals surface area contributed by atoms with Gasteiger partial charge in [-0.15, -0.1) is 10.2 Å².